The van der Waals surface area contributed by atoms with E-state index in [1.807, 2.05) is 24.3 Å². The first kappa shape index (κ1) is 14.8. The first-order valence-corrected chi connectivity index (χ1v) is 8.62. The largest absolute Gasteiger partial charge is 0.313 e. The number of fused-ring (bicyclic) bond motifs is 1. The van der Waals surface area contributed by atoms with Crippen molar-refractivity contribution in [2.24, 2.45) is 0 Å². The fourth-order valence-corrected chi connectivity index (χ4v) is 3.79. The summed E-state index contributed by atoms with van der Waals surface area (Å²) >= 11 is 1.88. The minimum Gasteiger partial charge on any atom is -0.313 e. The lowest BCUT2D eigenvalue weighted by molar-refractivity contribution is 0.502. The molecule has 21 heavy (non-hydrogen) atoms. The van der Waals surface area contributed by atoms with Gasteiger partial charge in [-0.05, 0) is 54.9 Å². The van der Waals surface area contributed by atoms with Gasteiger partial charge in [0.25, 0.3) is 0 Å². The first-order chi connectivity index (χ1) is 10.3. The van der Waals surface area contributed by atoms with Gasteiger partial charge in [0.1, 0.15) is 0 Å². The maximum absolute atomic E-state index is 4.17. The molecule has 1 saturated heterocycles. The molecular formula is C17H23N3S. The number of nitrogens with zero attached hydrogens (tertiary/aromatic N) is 2. The summed E-state index contributed by atoms with van der Waals surface area (Å²) in [4.78, 5) is 5.49. The van der Waals surface area contributed by atoms with Crippen LogP contribution in [0.1, 0.15) is 26.2 Å². The molecule has 1 fully saturated rings. The monoisotopic (exact) mass is 301 g/mol. The van der Waals surface area contributed by atoms with Gasteiger partial charge in [0.15, 0.2) is 0 Å². The highest BCUT2D eigenvalue weighted by Gasteiger charge is 2.22. The standard InChI is InChI=1S/C17H23N3S/c1-2-3-8-19-16-7-10-20(13-16)21-17-5-4-15-12-18-9-6-14(15)11-17/h4-6,9,11-12,16,19H,2-3,7-8,10,13H2,1H3/t16-/m0/s1. The third-order valence-corrected chi connectivity index (χ3v) is 5.02. The quantitative estimate of drug-likeness (QED) is 0.650. The summed E-state index contributed by atoms with van der Waals surface area (Å²) in [6, 6.07) is 9.37. The number of pyridine rings is 1. The molecule has 3 rings (SSSR count). The Bertz CT molecular complexity index is 587. The maximum Gasteiger partial charge on any atom is 0.0346 e. The first-order valence-electron chi connectivity index (χ1n) is 7.85. The zero-order chi connectivity index (χ0) is 14.5. The van der Waals surface area contributed by atoms with E-state index in [0.717, 1.165) is 13.1 Å². The lowest BCUT2D eigenvalue weighted by Gasteiger charge is -2.16. The average Bonchev–Trinajstić information content (AvgIpc) is 2.95. The third-order valence-electron chi connectivity index (χ3n) is 3.96. The Morgan fingerprint density at radius 1 is 1.33 bits per heavy atom. The van der Waals surface area contributed by atoms with Crippen LogP contribution in [0, 0.1) is 0 Å². The average molecular weight is 301 g/mol. The predicted octanol–water partition coefficient (Wildman–Crippen LogP) is 3.71. The molecule has 0 unspecified atom stereocenters. The molecule has 0 radical (unpaired) electrons. The molecule has 3 nitrogen and oxygen atoms in total. The van der Waals surface area contributed by atoms with Gasteiger partial charge >= 0.3 is 0 Å². The number of hydrogen-bond acceptors (Lipinski definition) is 4. The highest BCUT2D eigenvalue weighted by molar-refractivity contribution is 7.97. The zero-order valence-corrected chi connectivity index (χ0v) is 13.4. The second-order valence-corrected chi connectivity index (χ2v) is 6.83. The smallest absolute Gasteiger partial charge is 0.0346 e. The summed E-state index contributed by atoms with van der Waals surface area (Å²) in [5.74, 6) is 0. The number of nitrogens with one attached hydrogen (secondary N) is 1. The molecular weight excluding hydrogens is 278 g/mol. The number of unbranched alkanes of at least 4 members (excludes halogenated alkanes) is 1. The highest BCUT2D eigenvalue weighted by atomic mass is 32.2. The van der Waals surface area contributed by atoms with E-state index in [2.05, 4.69) is 45.8 Å². The number of aromatic nitrogens is 1. The van der Waals surface area contributed by atoms with Gasteiger partial charge in [-0.3, -0.25) is 4.98 Å². The van der Waals surface area contributed by atoms with Crippen LogP contribution in [0.25, 0.3) is 10.8 Å². The van der Waals surface area contributed by atoms with Crippen LogP contribution in [-0.2, 0) is 0 Å². The van der Waals surface area contributed by atoms with E-state index in [0.29, 0.717) is 6.04 Å². The second kappa shape index (κ2) is 7.25. The van der Waals surface area contributed by atoms with Crippen molar-refractivity contribution in [3.8, 4) is 0 Å². The highest BCUT2D eigenvalue weighted by Crippen LogP contribution is 2.29. The molecule has 2 heterocycles. The molecule has 0 spiro atoms. The molecule has 1 aromatic heterocycles. The van der Waals surface area contributed by atoms with E-state index in [1.54, 1.807) is 0 Å². The van der Waals surface area contributed by atoms with Crippen LogP contribution in [0.5, 0.6) is 0 Å². The second-order valence-electron chi connectivity index (χ2n) is 5.66. The Hall–Kier alpha value is -1.10. The van der Waals surface area contributed by atoms with Gasteiger partial charge < -0.3 is 5.32 Å². The lowest BCUT2D eigenvalue weighted by atomic mass is 10.2. The normalized spacial score (nSPS) is 19.4. The van der Waals surface area contributed by atoms with Crippen molar-refractivity contribution < 1.29 is 0 Å². The molecule has 1 aromatic carbocycles. The summed E-state index contributed by atoms with van der Waals surface area (Å²) in [6.45, 7) is 5.71. The summed E-state index contributed by atoms with van der Waals surface area (Å²) in [6.07, 6.45) is 7.59. The molecule has 1 aliphatic heterocycles. The molecule has 1 N–H and O–H groups in total. The van der Waals surface area contributed by atoms with Gasteiger partial charge in [0.05, 0.1) is 0 Å². The van der Waals surface area contributed by atoms with Crippen LogP contribution >= 0.6 is 11.9 Å². The van der Waals surface area contributed by atoms with Crippen LogP contribution in [0.15, 0.2) is 41.6 Å². The van der Waals surface area contributed by atoms with Crippen molar-refractivity contribution in [3.05, 3.63) is 36.7 Å². The molecule has 4 heteroatoms. The van der Waals surface area contributed by atoms with Gasteiger partial charge in [0.2, 0.25) is 0 Å². The van der Waals surface area contributed by atoms with Crippen LogP contribution in [-0.4, -0.2) is 35.0 Å². The van der Waals surface area contributed by atoms with Gasteiger partial charge in [0, 0.05) is 41.8 Å². The van der Waals surface area contributed by atoms with E-state index >= 15 is 0 Å². The van der Waals surface area contributed by atoms with Gasteiger partial charge in [-0.2, -0.15) is 0 Å². The molecule has 2 aromatic rings. The van der Waals surface area contributed by atoms with Crippen molar-refractivity contribution in [1.29, 1.82) is 0 Å². The maximum atomic E-state index is 4.17. The van der Waals surface area contributed by atoms with Crippen molar-refractivity contribution in [2.45, 2.75) is 37.1 Å². The minimum atomic E-state index is 0.661. The SMILES string of the molecule is CCCCN[C@H]1CCN(Sc2ccc3cnccc3c2)C1. The Balaban J connectivity index is 1.56. The van der Waals surface area contributed by atoms with E-state index < -0.39 is 0 Å². The van der Waals surface area contributed by atoms with Gasteiger partial charge in [-0.25, -0.2) is 4.31 Å². The molecule has 0 aliphatic carbocycles. The fourth-order valence-electron chi connectivity index (χ4n) is 2.73. The zero-order valence-electron chi connectivity index (χ0n) is 12.6. The number of rotatable bonds is 6. The fraction of sp³-hybridized carbons (Fsp3) is 0.471. The Labute approximate surface area is 131 Å². The lowest BCUT2D eigenvalue weighted by Crippen LogP contribution is -2.31. The number of benzene rings is 1. The topological polar surface area (TPSA) is 28.2 Å². The van der Waals surface area contributed by atoms with E-state index in [9.17, 15) is 0 Å². The molecule has 0 bridgehead atoms. The van der Waals surface area contributed by atoms with Crippen LogP contribution < -0.4 is 5.32 Å². The van der Waals surface area contributed by atoms with E-state index in [1.165, 1.54) is 41.5 Å². The van der Waals surface area contributed by atoms with Crippen molar-refractivity contribution in [3.63, 3.8) is 0 Å². The van der Waals surface area contributed by atoms with Crippen molar-refractivity contribution >= 4 is 22.7 Å². The Morgan fingerprint density at radius 3 is 3.19 bits per heavy atom. The van der Waals surface area contributed by atoms with Gasteiger partial charge in [-0.15, -0.1) is 0 Å². The number of hydrogen-bond donors (Lipinski definition) is 1. The van der Waals surface area contributed by atoms with Crippen molar-refractivity contribution in [1.82, 2.24) is 14.6 Å². The van der Waals surface area contributed by atoms with Crippen molar-refractivity contribution in [2.75, 3.05) is 19.6 Å². The van der Waals surface area contributed by atoms with Crippen LogP contribution in [0.2, 0.25) is 0 Å². The molecule has 0 amide bonds. The van der Waals surface area contributed by atoms with Crippen LogP contribution in [0.4, 0.5) is 0 Å². The van der Waals surface area contributed by atoms with Crippen LogP contribution in [0.3, 0.4) is 0 Å². The summed E-state index contributed by atoms with van der Waals surface area (Å²) in [7, 11) is 0. The Morgan fingerprint density at radius 2 is 2.29 bits per heavy atom. The Kier molecular flexibility index (Phi) is 5.12. The van der Waals surface area contributed by atoms with Gasteiger partial charge in [-0.1, -0.05) is 19.4 Å². The minimum absolute atomic E-state index is 0.661. The summed E-state index contributed by atoms with van der Waals surface area (Å²) in [5.41, 5.74) is 0. The molecule has 1 aliphatic rings. The molecule has 112 valence electrons. The predicted molar refractivity (Wildman–Crippen MR) is 90.5 cm³/mol. The van der Waals surface area contributed by atoms with E-state index in [-0.39, 0.29) is 0 Å². The molecule has 0 saturated carbocycles. The molecule has 1 atom stereocenters. The van der Waals surface area contributed by atoms with E-state index in [4.69, 9.17) is 0 Å². The summed E-state index contributed by atoms with van der Waals surface area (Å²) in [5, 5.41) is 6.15. The third kappa shape index (κ3) is 3.96. The summed E-state index contributed by atoms with van der Waals surface area (Å²) < 4.78 is 2.48.